The van der Waals surface area contributed by atoms with Gasteiger partial charge in [-0.05, 0) is 18.2 Å². The van der Waals surface area contributed by atoms with E-state index < -0.39 is 10.9 Å². The van der Waals surface area contributed by atoms with Crippen molar-refractivity contribution in [2.24, 2.45) is 0 Å². The van der Waals surface area contributed by atoms with Gasteiger partial charge in [-0.3, -0.25) is 15.2 Å². The van der Waals surface area contributed by atoms with Gasteiger partial charge in [-0.15, -0.1) is 0 Å². The average molecular weight is 363 g/mol. The molecule has 0 aliphatic rings. The molecule has 4 rings (SSSR count). The van der Waals surface area contributed by atoms with Crippen LogP contribution in [0.4, 0.5) is 5.69 Å². The van der Waals surface area contributed by atoms with Crippen LogP contribution in [0, 0.1) is 10.1 Å². The third-order valence-corrected chi connectivity index (χ3v) is 4.15. The Morgan fingerprint density at radius 3 is 2.85 bits per heavy atom. The maximum atomic E-state index is 11.8. The average Bonchev–Trinajstić information content (AvgIpc) is 3.33. The Kier molecular flexibility index (Phi) is 3.88. The predicted molar refractivity (Wildman–Crippen MR) is 97.1 cm³/mol. The normalized spacial score (nSPS) is 10.9. The van der Waals surface area contributed by atoms with Crippen molar-refractivity contribution in [3.05, 3.63) is 64.3 Å². The maximum Gasteiger partial charge on any atom is 0.337 e. The number of ether oxygens (including phenoxy) is 1. The van der Waals surface area contributed by atoms with Crippen molar-refractivity contribution >= 4 is 22.6 Å². The molecule has 2 heterocycles. The maximum absolute atomic E-state index is 11.8. The number of esters is 1. The van der Waals surface area contributed by atoms with E-state index in [2.05, 4.69) is 20.2 Å². The number of rotatable bonds is 4. The summed E-state index contributed by atoms with van der Waals surface area (Å²) in [4.78, 5) is 29.7. The molecule has 0 aliphatic heterocycles. The first kappa shape index (κ1) is 16.5. The summed E-state index contributed by atoms with van der Waals surface area (Å²) < 4.78 is 4.75. The standard InChI is InChI=1S/C18H13N5O4/c1-27-18(24)11-5-6-14-13(8-11)16(22-21-14)17-19-9-15(20-17)10-3-2-4-12(7-10)23(25)26/h2-9H,1H3,(H,19,20)(H,21,22). The molecule has 9 nitrogen and oxygen atoms in total. The number of carbonyl (C=O) groups excluding carboxylic acids is 1. The molecule has 134 valence electrons. The number of benzene rings is 2. The summed E-state index contributed by atoms with van der Waals surface area (Å²) >= 11 is 0. The van der Waals surface area contributed by atoms with E-state index in [9.17, 15) is 14.9 Å². The molecule has 0 aliphatic carbocycles. The largest absolute Gasteiger partial charge is 0.465 e. The van der Waals surface area contributed by atoms with Gasteiger partial charge in [0.25, 0.3) is 5.69 Å². The monoisotopic (exact) mass is 363 g/mol. The smallest absolute Gasteiger partial charge is 0.337 e. The molecule has 27 heavy (non-hydrogen) atoms. The number of hydrogen-bond donors (Lipinski definition) is 2. The van der Waals surface area contributed by atoms with Gasteiger partial charge in [-0.1, -0.05) is 12.1 Å². The number of hydrogen-bond acceptors (Lipinski definition) is 6. The zero-order chi connectivity index (χ0) is 19.0. The number of nitro groups is 1. The minimum atomic E-state index is -0.448. The predicted octanol–water partition coefficient (Wildman–Crippen LogP) is 3.31. The molecule has 2 aromatic carbocycles. The highest BCUT2D eigenvalue weighted by Crippen LogP contribution is 2.28. The molecule has 2 aromatic heterocycles. The summed E-state index contributed by atoms with van der Waals surface area (Å²) in [5, 5.41) is 18.8. The first-order chi connectivity index (χ1) is 13.1. The molecule has 4 aromatic rings. The van der Waals surface area contributed by atoms with E-state index in [0.717, 1.165) is 5.52 Å². The van der Waals surface area contributed by atoms with E-state index in [1.807, 2.05) is 0 Å². The van der Waals surface area contributed by atoms with E-state index in [0.29, 0.717) is 33.7 Å². The second-order valence-corrected chi connectivity index (χ2v) is 5.78. The van der Waals surface area contributed by atoms with Crippen molar-refractivity contribution in [3.8, 4) is 22.8 Å². The second kappa shape index (κ2) is 6.37. The van der Waals surface area contributed by atoms with Crippen molar-refractivity contribution in [3.63, 3.8) is 0 Å². The topological polar surface area (TPSA) is 127 Å². The van der Waals surface area contributed by atoms with Crippen molar-refractivity contribution < 1.29 is 14.5 Å². The molecular formula is C18H13N5O4. The second-order valence-electron chi connectivity index (χ2n) is 5.78. The number of aromatic nitrogens is 4. The van der Waals surface area contributed by atoms with Gasteiger partial charge in [0.2, 0.25) is 0 Å². The van der Waals surface area contributed by atoms with Crippen molar-refractivity contribution in [1.82, 2.24) is 20.2 Å². The minimum Gasteiger partial charge on any atom is -0.465 e. The highest BCUT2D eigenvalue weighted by atomic mass is 16.6. The first-order valence-electron chi connectivity index (χ1n) is 7.93. The van der Waals surface area contributed by atoms with E-state index in [-0.39, 0.29) is 5.69 Å². The summed E-state index contributed by atoms with van der Waals surface area (Å²) in [7, 11) is 1.32. The van der Waals surface area contributed by atoms with Gasteiger partial charge in [-0.25, -0.2) is 9.78 Å². The lowest BCUT2D eigenvalue weighted by atomic mass is 10.1. The van der Waals surface area contributed by atoms with Crippen molar-refractivity contribution in [2.45, 2.75) is 0 Å². The molecule has 0 amide bonds. The number of nitrogens with one attached hydrogen (secondary N) is 2. The Labute approximate surface area is 152 Å². The number of aromatic amines is 2. The lowest BCUT2D eigenvalue weighted by molar-refractivity contribution is -0.384. The number of methoxy groups -OCH3 is 1. The molecule has 0 fully saturated rings. The quantitative estimate of drug-likeness (QED) is 0.325. The summed E-state index contributed by atoms with van der Waals surface area (Å²) in [6.07, 6.45) is 1.58. The number of nitrogens with zero attached hydrogens (tertiary/aromatic N) is 3. The number of fused-ring (bicyclic) bond motifs is 1. The lowest BCUT2D eigenvalue weighted by Crippen LogP contribution is -2.00. The van der Waals surface area contributed by atoms with Crippen LogP contribution in [0.2, 0.25) is 0 Å². The van der Waals surface area contributed by atoms with Gasteiger partial charge in [-0.2, -0.15) is 5.10 Å². The van der Waals surface area contributed by atoms with Crippen LogP contribution < -0.4 is 0 Å². The fraction of sp³-hybridized carbons (Fsp3) is 0.0556. The fourth-order valence-corrected chi connectivity index (χ4v) is 2.81. The van der Waals surface area contributed by atoms with Crippen LogP contribution in [0.5, 0.6) is 0 Å². The molecule has 0 radical (unpaired) electrons. The first-order valence-corrected chi connectivity index (χ1v) is 7.93. The van der Waals surface area contributed by atoms with E-state index >= 15 is 0 Å². The third-order valence-electron chi connectivity index (χ3n) is 4.15. The van der Waals surface area contributed by atoms with Crippen molar-refractivity contribution in [2.75, 3.05) is 7.11 Å². The zero-order valence-corrected chi connectivity index (χ0v) is 14.1. The molecular weight excluding hydrogens is 350 g/mol. The van der Waals surface area contributed by atoms with Gasteiger partial charge in [0.1, 0.15) is 5.69 Å². The van der Waals surface area contributed by atoms with Gasteiger partial charge >= 0.3 is 5.97 Å². The Morgan fingerprint density at radius 2 is 2.07 bits per heavy atom. The molecule has 2 N–H and O–H groups in total. The van der Waals surface area contributed by atoms with Gasteiger partial charge in [0.05, 0.1) is 35.0 Å². The Hall–Kier alpha value is -4.01. The van der Waals surface area contributed by atoms with Crippen LogP contribution in [-0.4, -0.2) is 38.2 Å². The number of imidazole rings is 1. The molecule has 0 saturated carbocycles. The highest BCUT2D eigenvalue weighted by Gasteiger charge is 2.16. The summed E-state index contributed by atoms with van der Waals surface area (Å²) in [6, 6.07) is 11.3. The number of H-pyrrole nitrogens is 2. The van der Waals surface area contributed by atoms with Crippen molar-refractivity contribution in [1.29, 1.82) is 0 Å². The van der Waals surface area contributed by atoms with E-state index in [4.69, 9.17) is 4.74 Å². The van der Waals surface area contributed by atoms with Crippen LogP contribution in [0.15, 0.2) is 48.7 Å². The number of non-ortho nitro benzene ring substituents is 1. The van der Waals surface area contributed by atoms with Crippen LogP contribution >= 0.6 is 0 Å². The lowest BCUT2D eigenvalue weighted by Gasteiger charge is -2.00. The molecule has 0 atom stereocenters. The van der Waals surface area contributed by atoms with Crippen LogP contribution in [-0.2, 0) is 4.74 Å². The fourth-order valence-electron chi connectivity index (χ4n) is 2.81. The summed E-state index contributed by atoms with van der Waals surface area (Å²) in [6.45, 7) is 0. The molecule has 0 spiro atoms. The molecule has 0 saturated heterocycles. The zero-order valence-electron chi connectivity index (χ0n) is 14.1. The molecule has 9 heteroatoms. The molecule has 0 unspecified atom stereocenters. The van der Waals surface area contributed by atoms with E-state index in [1.54, 1.807) is 36.5 Å². The Bertz CT molecular complexity index is 1180. The van der Waals surface area contributed by atoms with Crippen LogP contribution in [0.1, 0.15) is 10.4 Å². The van der Waals surface area contributed by atoms with Crippen LogP contribution in [0.25, 0.3) is 33.7 Å². The highest BCUT2D eigenvalue weighted by molar-refractivity contribution is 5.98. The summed E-state index contributed by atoms with van der Waals surface area (Å²) in [5.74, 6) is 0.0329. The summed E-state index contributed by atoms with van der Waals surface area (Å²) in [5.41, 5.74) is 2.93. The Balaban J connectivity index is 1.76. The number of carbonyl (C=O) groups is 1. The minimum absolute atomic E-state index is 0.00316. The van der Waals surface area contributed by atoms with Gasteiger partial charge < -0.3 is 9.72 Å². The Morgan fingerprint density at radius 1 is 1.22 bits per heavy atom. The van der Waals surface area contributed by atoms with Crippen LogP contribution in [0.3, 0.4) is 0 Å². The molecule has 0 bridgehead atoms. The third kappa shape index (κ3) is 2.91. The SMILES string of the molecule is COC(=O)c1ccc2[nH]nc(-c3ncc(-c4cccc([N+](=O)[O-])c4)[nH]3)c2c1. The van der Waals surface area contributed by atoms with Gasteiger partial charge in [0, 0.05) is 23.1 Å². The van der Waals surface area contributed by atoms with Gasteiger partial charge in [0.15, 0.2) is 5.82 Å². The number of nitro benzene ring substituents is 1. The van der Waals surface area contributed by atoms with E-state index in [1.165, 1.54) is 19.2 Å².